The summed E-state index contributed by atoms with van der Waals surface area (Å²) in [5.74, 6) is 2.07. The minimum atomic E-state index is -0.357. The van der Waals surface area contributed by atoms with Gasteiger partial charge in [0.2, 0.25) is 0 Å². The average molecular weight is 395 g/mol. The van der Waals surface area contributed by atoms with Gasteiger partial charge in [0.1, 0.15) is 23.6 Å². The summed E-state index contributed by atoms with van der Waals surface area (Å²) in [6.45, 7) is 1.19. The smallest absolute Gasteiger partial charge is 0.260 e. The van der Waals surface area contributed by atoms with E-state index in [0.29, 0.717) is 46.8 Å². The molecule has 150 valence electrons. The van der Waals surface area contributed by atoms with Crippen molar-refractivity contribution < 1.29 is 19.0 Å². The molecule has 9 heteroatoms. The van der Waals surface area contributed by atoms with Crippen molar-refractivity contribution in [1.29, 1.82) is 0 Å². The maximum Gasteiger partial charge on any atom is 0.260 e. The second-order valence-corrected chi connectivity index (χ2v) is 6.47. The van der Waals surface area contributed by atoms with E-state index in [1.54, 1.807) is 31.6 Å². The highest BCUT2D eigenvalue weighted by atomic mass is 16.5. The topological polar surface area (TPSA) is 100 Å². The first-order valence-corrected chi connectivity index (χ1v) is 9.25. The molecule has 0 spiro atoms. The van der Waals surface area contributed by atoms with Gasteiger partial charge in [-0.05, 0) is 25.0 Å². The summed E-state index contributed by atoms with van der Waals surface area (Å²) in [4.78, 5) is 17.5. The summed E-state index contributed by atoms with van der Waals surface area (Å²) in [5, 5.41) is 11.0. The van der Waals surface area contributed by atoms with Crippen LogP contribution in [0.15, 0.2) is 36.7 Å². The third-order valence-electron chi connectivity index (χ3n) is 4.62. The van der Waals surface area contributed by atoms with Crippen LogP contribution in [0.4, 0.5) is 5.82 Å². The number of ether oxygens (including phenoxy) is 3. The highest BCUT2D eigenvalue weighted by molar-refractivity contribution is 6.06. The molecule has 0 unspecified atom stereocenters. The van der Waals surface area contributed by atoms with Crippen LogP contribution in [0.25, 0.3) is 11.5 Å². The molecule has 2 aromatic heterocycles. The van der Waals surface area contributed by atoms with Crippen LogP contribution in [-0.2, 0) is 6.54 Å². The zero-order valence-electron chi connectivity index (χ0n) is 16.2. The molecule has 1 aromatic carbocycles. The SMILES string of the molecule is COc1cc2c(cc1OC)C(=O)Nc1cccc(n1)-c1nncn1CCCCO2. The van der Waals surface area contributed by atoms with Crippen molar-refractivity contribution in [2.75, 3.05) is 26.1 Å². The van der Waals surface area contributed by atoms with E-state index in [9.17, 15) is 4.79 Å². The van der Waals surface area contributed by atoms with Gasteiger partial charge in [-0.15, -0.1) is 10.2 Å². The number of hydrogen-bond acceptors (Lipinski definition) is 7. The van der Waals surface area contributed by atoms with E-state index >= 15 is 0 Å². The Morgan fingerprint density at radius 3 is 2.79 bits per heavy atom. The first kappa shape index (κ1) is 18.7. The Balaban J connectivity index is 1.75. The third kappa shape index (κ3) is 3.84. The Labute approximate surface area is 167 Å². The van der Waals surface area contributed by atoms with Crippen LogP contribution in [0.2, 0.25) is 0 Å². The second kappa shape index (κ2) is 8.17. The van der Waals surface area contributed by atoms with Gasteiger partial charge in [0.05, 0.1) is 26.4 Å². The van der Waals surface area contributed by atoms with Crippen LogP contribution in [0, 0.1) is 0 Å². The molecule has 2 bridgehead atoms. The Morgan fingerprint density at radius 1 is 1.14 bits per heavy atom. The number of aryl methyl sites for hydroxylation is 1. The largest absolute Gasteiger partial charge is 0.493 e. The molecular weight excluding hydrogens is 374 g/mol. The van der Waals surface area contributed by atoms with Gasteiger partial charge in [-0.1, -0.05) is 6.07 Å². The van der Waals surface area contributed by atoms with Crippen molar-refractivity contribution in [2.24, 2.45) is 0 Å². The lowest BCUT2D eigenvalue weighted by Crippen LogP contribution is -2.16. The molecule has 0 saturated carbocycles. The minimum Gasteiger partial charge on any atom is -0.493 e. The lowest BCUT2D eigenvalue weighted by Gasteiger charge is -2.16. The number of hydrogen-bond donors (Lipinski definition) is 1. The summed E-state index contributed by atoms with van der Waals surface area (Å²) in [6.07, 6.45) is 3.33. The van der Waals surface area contributed by atoms with E-state index in [1.807, 2.05) is 16.7 Å². The Hall–Kier alpha value is -3.62. The summed E-state index contributed by atoms with van der Waals surface area (Å²) >= 11 is 0. The normalized spacial score (nSPS) is 13.9. The lowest BCUT2D eigenvalue weighted by molar-refractivity contribution is 0.102. The molecule has 0 saturated heterocycles. The number of carbonyl (C=O) groups excluding carboxylic acids is 1. The van der Waals surface area contributed by atoms with Crippen LogP contribution in [0.5, 0.6) is 17.2 Å². The van der Waals surface area contributed by atoms with Crippen LogP contribution in [0.1, 0.15) is 23.2 Å². The molecule has 0 fully saturated rings. The number of fused-ring (bicyclic) bond motifs is 5. The van der Waals surface area contributed by atoms with Crippen LogP contribution >= 0.6 is 0 Å². The van der Waals surface area contributed by atoms with E-state index in [4.69, 9.17) is 14.2 Å². The molecule has 1 N–H and O–H groups in total. The van der Waals surface area contributed by atoms with Gasteiger partial charge in [-0.25, -0.2) is 4.98 Å². The van der Waals surface area contributed by atoms with Crippen molar-refractivity contribution in [1.82, 2.24) is 19.7 Å². The van der Waals surface area contributed by atoms with Gasteiger partial charge in [0, 0.05) is 18.7 Å². The Kier molecular flexibility index (Phi) is 5.28. The monoisotopic (exact) mass is 395 g/mol. The molecule has 3 heterocycles. The third-order valence-corrected chi connectivity index (χ3v) is 4.62. The van der Waals surface area contributed by atoms with Crippen molar-refractivity contribution in [2.45, 2.75) is 19.4 Å². The fourth-order valence-corrected chi connectivity index (χ4v) is 3.15. The minimum absolute atomic E-state index is 0.343. The van der Waals surface area contributed by atoms with Gasteiger partial charge in [0.25, 0.3) is 5.91 Å². The number of anilines is 1. The number of nitrogens with one attached hydrogen (secondary N) is 1. The fraction of sp³-hybridized carbons (Fsp3) is 0.300. The van der Waals surface area contributed by atoms with Gasteiger partial charge in [-0.3, -0.25) is 4.79 Å². The van der Waals surface area contributed by atoms with Crippen LogP contribution in [-0.4, -0.2) is 46.5 Å². The average Bonchev–Trinajstić information content (AvgIpc) is 3.21. The van der Waals surface area contributed by atoms with Crippen molar-refractivity contribution in [3.05, 3.63) is 42.2 Å². The molecule has 1 aliphatic heterocycles. The molecule has 0 atom stereocenters. The number of amides is 1. The van der Waals surface area contributed by atoms with E-state index in [1.165, 1.54) is 7.11 Å². The molecule has 1 aliphatic rings. The summed E-state index contributed by atoms with van der Waals surface area (Å²) in [5.41, 5.74) is 0.983. The van der Waals surface area contributed by atoms with E-state index in [-0.39, 0.29) is 5.91 Å². The first-order chi connectivity index (χ1) is 14.2. The van der Waals surface area contributed by atoms with Crippen molar-refractivity contribution in [3.8, 4) is 28.8 Å². The quantitative estimate of drug-likeness (QED) is 0.712. The number of rotatable bonds is 2. The van der Waals surface area contributed by atoms with Crippen LogP contribution in [0.3, 0.4) is 0 Å². The van der Waals surface area contributed by atoms with Crippen LogP contribution < -0.4 is 19.5 Å². The molecule has 3 aromatic rings. The molecule has 0 radical (unpaired) electrons. The lowest BCUT2D eigenvalue weighted by atomic mass is 10.1. The molecule has 9 nitrogen and oxygen atoms in total. The zero-order valence-corrected chi connectivity index (χ0v) is 16.2. The summed E-state index contributed by atoms with van der Waals surface area (Å²) < 4.78 is 18.5. The maximum absolute atomic E-state index is 13.0. The number of carbonyl (C=O) groups is 1. The highest BCUT2D eigenvalue weighted by Gasteiger charge is 2.20. The van der Waals surface area contributed by atoms with E-state index in [2.05, 4.69) is 20.5 Å². The van der Waals surface area contributed by atoms with Crippen molar-refractivity contribution >= 4 is 11.7 Å². The number of methoxy groups -OCH3 is 2. The van der Waals surface area contributed by atoms with E-state index < -0.39 is 0 Å². The van der Waals surface area contributed by atoms with Gasteiger partial charge < -0.3 is 24.1 Å². The number of aromatic nitrogens is 4. The van der Waals surface area contributed by atoms with Gasteiger partial charge >= 0.3 is 0 Å². The second-order valence-electron chi connectivity index (χ2n) is 6.47. The standard InChI is InChI=1S/C20H21N5O4/c1-27-16-10-13-15(11-17(16)28-2)29-9-4-3-8-25-12-21-24-19(25)14-6-5-7-18(22-14)23-20(13)26/h5-7,10-12H,3-4,8-9H2,1-2H3,(H,22,23,26). The molecule has 29 heavy (non-hydrogen) atoms. The Bertz CT molecular complexity index is 1030. The maximum atomic E-state index is 13.0. The predicted molar refractivity (Wildman–Crippen MR) is 105 cm³/mol. The van der Waals surface area contributed by atoms with Crippen molar-refractivity contribution in [3.63, 3.8) is 0 Å². The number of nitrogens with zero attached hydrogens (tertiary/aromatic N) is 4. The molecule has 0 aliphatic carbocycles. The zero-order chi connectivity index (χ0) is 20.2. The summed E-state index contributed by atoms with van der Waals surface area (Å²) in [6, 6.07) is 8.65. The highest BCUT2D eigenvalue weighted by Crippen LogP contribution is 2.35. The van der Waals surface area contributed by atoms with Gasteiger partial charge in [0.15, 0.2) is 17.3 Å². The number of pyridine rings is 1. The predicted octanol–water partition coefficient (Wildman–Crippen LogP) is 2.78. The first-order valence-electron chi connectivity index (χ1n) is 9.25. The molecular formula is C20H21N5O4. The number of benzene rings is 1. The Morgan fingerprint density at radius 2 is 1.97 bits per heavy atom. The fourth-order valence-electron chi connectivity index (χ4n) is 3.15. The molecule has 1 amide bonds. The van der Waals surface area contributed by atoms with E-state index in [0.717, 1.165) is 19.4 Å². The molecule has 4 rings (SSSR count). The van der Waals surface area contributed by atoms with Gasteiger partial charge in [-0.2, -0.15) is 0 Å². The summed E-state index contributed by atoms with van der Waals surface area (Å²) in [7, 11) is 3.06.